The van der Waals surface area contributed by atoms with Gasteiger partial charge >= 0.3 is 0 Å². The molecule has 3 rings (SSSR count). The first kappa shape index (κ1) is 18.7. The number of carbonyl (C=O) groups is 2. The van der Waals surface area contributed by atoms with Crippen molar-refractivity contribution in [1.29, 1.82) is 0 Å². The number of aliphatic hydroxyl groups excluding tert-OH is 1. The minimum atomic E-state index is -1.08. The Labute approximate surface area is 159 Å². The molecule has 1 aliphatic heterocycles. The van der Waals surface area contributed by atoms with Crippen LogP contribution in [-0.4, -0.2) is 16.9 Å². The molecule has 0 saturated carbocycles. The van der Waals surface area contributed by atoms with Crippen LogP contribution in [0.25, 0.3) is 0 Å². The van der Waals surface area contributed by atoms with Crippen LogP contribution in [0.1, 0.15) is 44.2 Å². The summed E-state index contributed by atoms with van der Waals surface area (Å²) in [5.41, 5.74) is 1.03. The molecule has 27 heavy (non-hydrogen) atoms. The van der Waals surface area contributed by atoms with Crippen molar-refractivity contribution in [2.24, 2.45) is 0 Å². The van der Waals surface area contributed by atoms with Gasteiger partial charge in [-0.1, -0.05) is 69.3 Å². The lowest BCUT2D eigenvalue weighted by Gasteiger charge is -2.28. The molecule has 5 nitrogen and oxygen atoms in total. The summed E-state index contributed by atoms with van der Waals surface area (Å²) in [5.74, 6) is -1.21. The van der Waals surface area contributed by atoms with Crippen molar-refractivity contribution >= 4 is 17.5 Å². The quantitative estimate of drug-likeness (QED) is 0.702. The van der Waals surface area contributed by atoms with Gasteiger partial charge in [-0.05, 0) is 29.5 Å². The summed E-state index contributed by atoms with van der Waals surface area (Å²) < 4.78 is 0. The summed E-state index contributed by atoms with van der Waals surface area (Å²) in [6.07, 6.45) is 0.425. The van der Waals surface area contributed by atoms with Gasteiger partial charge in [0.25, 0.3) is 11.8 Å². The molecule has 0 fully saturated rings. The predicted octanol–water partition coefficient (Wildman–Crippen LogP) is 4.00. The molecule has 2 aromatic rings. The molecule has 1 unspecified atom stereocenters. The number of hydrogen-bond donors (Lipinski definition) is 3. The maximum atomic E-state index is 12.9. The second-order valence-electron chi connectivity index (χ2n) is 7.00. The minimum absolute atomic E-state index is 0.209. The fourth-order valence-corrected chi connectivity index (χ4v) is 3.54. The summed E-state index contributed by atoms with van der Waals surface area (Å²) in [4.78, 5) is 25.4. The second-order valence-corrected chi connectivity index (χ2v) is 7.00. The van der Waals surface area contributed by atoms with E-state index in [0.717, 1.165) is 11.1 Å². The van der Waals surface area contributed by atoms with Crippen LogP contribution in [0.15, 0.2) is 65.9 Å². The van der Waals surface area contributed by atoms with Crippen molar-refractivity contribution in [1.82, 2.24) is 5.32 Å². The molecule has 0 aromatic heterocycles. The number of anilines is 1. The summed E-state index contributed by atoms with van der Waals surface area (Å²) in [6, 6.07) is 16.6. The van der Waals surface area contributed by atoms with Gasteiger partial charge in [0.15, 0.2) is 0 Å². The van der Waals surface area contributed by atoms with E-state index in [4.69, 9.17) is 0 Å². The third-order valence-electron chi connectivity index (χ3n) is 5.05. The third kappa shape index (κ3) is 3.21. The molecule has 0 bridgehead atoms. The van der Waals surface area contributed by atoms with E-state index in [9.17, 15) is 14.7 Å². The predicted molar refractivity (Wildman–Crippen MR) is 105 cm³/mol. The fourth-order valence-electron chi connectivity index (χ4n) is 3.54. The topological polar surface area (TPSA) is 78.4 Å². The number of carbonyl (C=O) groups excluding carboxylic acids is 2. The summed E-state index contributed by atoms with van der Waals surface area (Å²) in [5, 5.41) is 16.5. The van der Waals surface area contributed by atoms with E-state index >= 15 is 0 Å². The van der Waals surface area contributed by atoms with Crippen LogP contribution in [0.4, 0.5) is 5.69 Å². The highest BCUT2D eigenvalue weighted by Gasteiger charge is 2.47. The molecule has 0 aliphatic carbocycles. The maximum Gasteiger partial charge on any atom is 0.264 e. The van der Waals surface area contributed by atoms with Crippen molar-refractivity contribution in [3.8, 4) is 0 Å². The van der Waals surface area contributed by atoms with Crippen LogP contribution < -0.4 is 10.6 Å². The van der Waals surface area contributed by atoms with Crippen molar-refractivity contribution in [2.75, 3.05) is 5.32 Å². The number of benzene rings is 2. The zero-order valence-corrected chi connectivity index (χ0v) is 15.7. The number of aliphatic hydroxyl groups is 1. The molecule has 1 aliphatic rings. The van der Waals surface area contributed by atoms with E-state index in [1.54, 1.807) is 6.07 Å². The van der Waals surface area contributed by atoms with Crippen LogP contribution in [-0.2, 0) is 15.1 Å². The van der Waals surface area contributed by atoms with Crippen LogP contribution in [0.3, 0.4) is 0 Å². The number of rotatable bonds is 5. The van der Waals surface area contributed by atoms with Gasteiger partial charge in [0.1, 0.15) is 16.9 Å². The smallest absolute Gasteiger partial charge is 0.264 e. The number of para-hydroxylation sites is 1. The van der Waals surface area contributed by atoms with Gasteiger partial charge in [0.2, 0.25) is 0 Å². The summed E-state index contributed by atoms with van der Waals surface area (Å²) >= 11 is 0. The van der Waals surface area contributed by atoms with Crippen molar-refractivity contribution in [3.05, 3.63) is 77.1 Å². The average Bonchev–Trinajstić information content (AvgIpc) is 2.93. The molecule has 140 valence electrons. The van der Waals surface area contributed by atoms with Crippen LogP contribution >= 0.6 is 0 Å². The van der Waals surface area contributed by atoms with Crippen LogP contribution in [0, 0.1) is 0 Å². The first-order valence-corrected chi connectivity index (χ1v) is 9.12. The van der Waals surface area contributed by atoms with E-state index in [1.807, 2.05) is 69.3 Å². The first-order chi connectivity index (χ1) is 12.9. The molecule has 3 N–H and O–H groups in total. The van der Waals surface area contributed by atoms with Crippen molar-refractivity contribution in [2.45, 2.75) is 38.6 Å². The largest absolute Gasteiger partial charge is 0.508 e. The molecule has 2 aromatic carbocycles. The Morgan fingerprint density at radius 1 is 1.11 bits per heavy atom. The maximum absolute atomic E-state index is 12.9. The third-order valence-corrected chi connectivity index (χ3v) is 5.05. The first-order valence-electron chi connectivity index (χ1n) is 9.12. The lowest BCUT2D eigenvalue weighted by Crippen LogP contribution is -2.41. The van der Waals surface area contributed by atoms with Gasteiger partial charge in [-0.2, -0.15) is 0 Å². The standard InChI is InChI=1S/C22H24N2O3/c1-4-22(15-10-6-5-7-11-15)19(25)18(21(27)24-22)20(26)23-17-13-9-8-12-16(17)14(2)3/h5-14,25H,4H2,1-3H3,(H,23,26)(H,24,27). The molecule has 1 heterocycles. The Morgan fingerprint density at radius 2 is 1.74 bits per heavy atom. The molecule has 0 radical (unpaired) electrons. The minimum Gasteiger partial charge on any atom is -0.508 e. The molecule has 1 atom stereocenters. The highest BCUT2D eigenvalue weighted by molar-refractivity contribution is 6.25. The Balaban J connectivity index is 1.99. The van der Waals surface area contributed by atoms with Gasteiger partial charge < -0.3 is 15.7 Å². The number of hydrogen-bond acceptors (Lipinski definition) is 3. The molecule has 0 saturated heterocycles. The van der Waals surface area contributed by atoms with Gasteiger partial charge in [-0.3, -0.25) is 9.59 Å². The van der Waals surface area contributed by atoms with E-state index in [2.05, 4.69) is 10.6 Å². The molecule has 2 amide bonds. The van der Waals surface area contributed by atoms with Crippen LogP contribution in [0.5, 0.6) is 0 Å². The Morgan fingerprint density at radius 3 is 2.37 bits per heavy atom. The van der Waals surface area contributed by atoms with Gasteiger partial charge in [0, 0.05) is 5.69 Å². The zero-order valence-electron chi connectivity index (χ0n) is 15.7. The molecule has 5 heteroatoms. The lowest BCUT2D eigenvalue weighted by atomic mass is 9.86. The summed E-state index contributed by atoms with van der Waals surface area (Å²) in [7, 11) is 0. The van der Waals surface area contributed by atoms with E-state index < -0.39 is 17.4 Å². The van der Waals surface area contributed by atoms with Crippen molar-refractivity contribution < 1.29 is 14.7 Å². The van der Waals surface area contributed by atoms with Gasteiger partial charge in [-0.25, -0.2) is 0 Å². The Kier molecular flexibility index (Phi) is 5.04. The Bertz CT molecular complexity index is 903. The highest BCUT2D eigenvalue weighted by Crippen LogP contribution is 2.38. The molecular weight excluding hydrogens is 340 g/mol. The normalized spacial score (nSPS) is 19.3. The van der Waals surface area contributed by atoms with Gasteiger partial charge in [0.05, 0.1) is 0 Å². The number of nitrogens with one attached hydrogen (secondary N) is 2. The van der Waals surface area contributed by atoms with E-state index in [-0.39, 0.29) is 17.3 Å². The lowest BCUT2D eigenvalue weighted by molar-refractivity contribution is -0.121. The van der Waals surface area contributed by atoms with E-state index in [1.165, 1.54) is 0 Å². The Hall–Kier alpha value is -3.08. The van der Waals surface area contributed by atoms with Gasteiger partial charge in [-0.15, -0.1) is 0 Å². The molecular formula is C22H24N2O3. The highest BCUT2D eigenvalue weighted by atomic mass is 16.3. The SMILES string of the molecule is CCC1(c2ccccc2)NC(=O)C(C(=O)Nc2ccccc2C(C)C)=C1O. The second kappa shape index (κ2) is 7.27. The monoisotopic (exact) mass is 364 g/mol. The molecule has 0 spiro atoms. The average molecular weight is 364 g/mol. The van der Waals surface area contributed by atoms with Crippen molar-refractivity contribution in [3.63, 3.8) is 0 Å². The van der Waals surface area contributed by atoms with Crippen LogP contribution in [0.2, 0.25) is 0 Å². The summed E-state index contributed by atoms with van der Waals surface area (Å²) in [6.45, 7) is 5.92. The zero-order chi connectivity index (χ0) is 19.6. The fraction of sp³-hybridized carbons (Fsp3) is 0.273. The number of amides is 2. The van der Waals surface area contributed by atoms with E-state index in [0.29, 0.717) is 12.1 Å².